The van der Waals surface area contributed by atoms with Gasteiger partial charge in [0.2, 0.25) is 5.76 Å². The summed E-state index contributed by atoms with van der Waals surface area (Å²) in [6.45, 7) is 4.02. The molecule has 1 aromatic heterocycles. The Bertz CT molecular complexity index is 518. The molecule has 0 aliphatic rings. The fourth-order valence-corrected chi connectivity index (χ4v) is 1.71. The van der Waals surface area contributed by atoms with Gasteiger partial charge >= 0.3 is 0 Å². The molecular formula is C13H14N2O2. The molecule has 4 heteroatoms. The van der Waals surface area contributed by atoms with E-state index in [1.807, 2.05) is 25.1 Å². The quantitative estimate of drug-likeness (QED) is 0.882. The van der Waals surface area contributed by atoms with E-state index in [1.54, 1.807) is 0 Å². The van der Waals surface area contributed by atoms with E-state index < -0.39 is 0 Å². The lowest BCUT2D eigenvalue weighted by Crippen LogP contribution is -2.13. The second kappa shape index (κ2) is 4.82. The van der Waals surface area contributed by atoms with E-state index in [0.717, 1.165) is 23.2 Å². The molecule has 2 rings (SSSR count). The van der Waals surface area contributed by atoms with Crippen LogP contribution in [0.25, 0.3) is 0 Å². The first-order chi connectivity index (χ1) is 8.22. The van der Waals surface area contributed by atoms with Gasteiger partial charge in [0.1, 0.15) is 0 Å². The molecule has 0 atom stereocenters. The van der Waals surface area contributed by atoms with E-state index in [0.29, 0.717) is 0 Å². The number of anilines is 1. The Morgan fingerprint density at radius 3 is 2.94 bits per heavy atom. The first kappa shape index (κ1) is 11.4. The van der Waals surface area contributed by atoms with E-state index in [1.165, 1.54) is 12.6 Å². The largest absolute Gasteiger partial charge is 0.438 e. The Morgan fingerprint density at radius 1 is 1.47 bits per heavy atom. The smallest absolute Gasteiger partial charge is 0.293 e. The molecule has 0 aliphatic heterocycles. The van der Waals surface area contributed by atoms with Crippen molar-refractivity contribution in [2.24, 2.45) is 0 Å². The average molecular weight is 230 g/mol. The number of benzene rings is 1. The van der Waals surface area contributed by atoms with Crippen LogP contribution >= 0.6 is 0 Å². The fourth-order valence-electron chi connectivity index (χ4n) is 1.71. The molecule has 0 unspecified atom stereocenters. The Labute approximate surface area is 99.7 Å². The molecule has 0 fully saturated rings. The van der Waals surface area contributed by atoms with Gasteiger partial charge in [0.25, 0.3) is 5.91 Å². The number of carbonyl (C=O) groups excluding carboxylic acids is 1. The van der Waals surface area contributed by atoms with Crippen LogP contribution in [0.3, 0.4) is 0 Å². The molecule has 0 spiro atoms. The Morgan fingerprint density at radius 2 is 2.29 bits per heavy atom. The predicted octanol–water partition coefficient (Wildman–Crippen LogP) is 2.80. The fraction of sp³-hybridized carbons (Fsp3) is 0.231. The van der Waals surface area contributed by atoms with Crippen LogP contribution in [0.4, 0.5) is 5.69 Å². The molecular weight excluding hydrogens is 216 g/mol. The number of aromatic nitrogens is 1. The molecule has 0 aliphatic carbocycles. The first-order valence-electron chi connectivity index (χ1n) is 5.50. The van der Waals surface area contributed by atoms with E-state index >= 15 is 0 Å². The zero-order chi connectivity index (χ0) is 12.3. The number of oxazole rings is 1. The van der Waals surface area contributed by atoms with Gasteiger partial charge in [-0.2, -0.15) is 0 Å². The maximum absolute atomic E-state index is 11.9. The normalized spacial score (nSPS) is 10.2. The van der Waals surface area contributed by atoms with Crippen molar-refractivity contribution in [1.82, 2.24) is 4.98 Å². The molecule has 0 radical (unpaired) electrons. The van der Waals surface area contributed by atoms with E-state index in [2.05, 4.69) is 17.2 Å². The van der Waals surface area contributed by atoms with Crippen LogP contribution in [-0.2, 0) is 6.42 Å². The third-order valence-corrected chi connectivity index (χ3v) is 2.63. The Balaban J connectivity index is 2.27. The summed E-state index contributed by atoms with van der Waals surface area (Å²) in [5.41, 5.74) is 3.01. The number of nitrogens with zero attached hydrogens (tertiary/aromatic N) is 1. The lowest BCUT2D eigenvalue weighted by molar-refractivity contribution is 0.0996. The maximum atomic E-state index is 11.9. The van der Waals surface area contributed by atoms with Crippen molar-refractivity contribution < 1.29 is 9.21 Å². The number of carbonyl (C=O) groups is 1. The summed E-state index contributed by atoms with van der Waals surface area (Å²) >= 11 is 0. The van der Waals surface area contributed by atoms with Crippen LogP contribution in [0.15, 0.2) is 35.2 Å². The van der Waals surface area contributed by atoms with Crippen LogP contribution in [-0.4, -0.2) is 10.9 Å². The molecule has 0 bridgehead atoms. The van der Waals surface area contributed by atoms with Gasteiger partial charge in [-0.05, 0) is 24.5 Å². The highest BCUT2D eigenvalue weighted by Crippen LogP contribution is 2.21. The maximum Gasteiger partial charge on any atom is 0.293 e. The van der Waals surface area contributed by atoms with Gasteiger partial charge in [-0.1, -0.05) is 25.1 Å². The SMILES string of the molecule is CCc1cccc(C)c1NC(=O)c1cnco1. The average Bonchev–Trinajstić information content (AvgIpc) is 2.85. The number of rotatable bonds is 3. The highest BCUT2D eigenvalue weighted by Gasteiger charge is 2.12. The number of hydrogen-bond donors (Lipinski definition) is 1. The molecule has 0 saturated carbocycles. The molecule has 0 saturated heterocycles. The zero-order valence-corrected chi connectivity index (χ0v) is 9.86. The van der Waals surface area contributed by atoms with E-state index in [9.17, 15) is 4.79 Å². The van der Waals surface area contributed by atoms with Gasteiger partial charge in [-0.15, -0.1) is 0 Å². The number of hydrogen-bond acceptors (Lipinski definition) is 3. The van der Waals surface area contributed by atoms with Crippen molar-refractivity contribution in [3.63, 3.8) is 0 Å². The van der Waals surface area contributed by atoms with E-state index in [-0.39, 0.29) is 11.7 Å². The van der Waals surface area contributed by atoms with Crippen LogP contribution < -0.4 is 5.32 Å². The first-order valence-corrected chi connectivity index (χ1v) is 5.50. The molecule has 1 amide bonds. The molecule has 1 N–H and O–H groups in total. The van der Waals surface area contributed by atoms with Crippen LogP contribution in [0.5, 0.6) is 0 Å². The highest BCUT2D eigenvalue weighted by atomic mass is 16.3. The molecule has 4 nitrogen and oxygen atoms in total. The number of para-hydroxylation sites is 1. The van der Waals surface area contributed by atoms with Gasteiger partial charge in [0.05, 0.1) is 6.20 Å². The van der Waals surface area contributed by atoms with Crippen molar-refractivity contribution >= 4 is 11.6 Å². The summed E-state index contributed by atoms with van der Waals surface area (Å²) in [5.74, 6) is -0.0539. The van der Waals surface area contributed by atoms with Gasteiger partial charge in [0, 0.05) is 5.69 Å². The van der Waals surface area contributed by atoms with Gasteiger partial charge in [0.15, 0.2) is 6.39 Å². The van der Waals surface area contributed by atoms with E-state index in [4.69, 9.17) is 4.42 Å². The highest BCUT2D eigenvalue weighted by molar-refractivity contribution is 6.02. The lowest BCUT2D eigenvalue weighted by Gasteiger charge is -2.11. The van der Waals surface area contributed by atoms with Crippen molar-refractivity contribution in [1.29, 1.82) is 0 Å². The second-order valence-corrected chi connectivity index (χ2v) is 3.78. The Hall–Kier alpha value is -2.10. The third kappa shape index (κ3) is 2.36. The summed E-state index contributed by atoms with van der Waals surface area (Å²) in [5, 5.41) is 2.86. The minimum absolute atomic E-state index is 0.218. The topological polar surface area (TPSA) is 55.1 Å². The van der Waals surface area contributed by atoms with Gasteiger partial charge < -0.3 is 9.73 Å². The van der Waals surface area contributed by atoms with Crippen molar-refractivity contribution in [2.45, 2.75) is 20.3 Å². The summed E-state index contributed by atoms with van der Waals surface area (Å²) < 4.78 is 4.96. The minimum Gasteiger partial charge on any atom is -0.438 e. The standard InChI is InChI=1S/C13H14N2O2/c1-3-10-6-4-5-9(2)12(10)15-13(16)11-7-14-8-17-11/h4-8H,3H2,1-2H3,(H,15,16). The third-order valence-electron chi connectivity index (χ3n) is 2.63. The summed E-state index contributed by atoms with van der Waals surface area (Å²) in [6.07, 6.45) is 3.51. The lowest BCUT2D eigenvalue weighted by atomic mass is 10.1. The van der Waals surface area contributed by atoms with Crippen molar-refractivity contribution in [3.8, 4) is 0 Å². The molecule has 2 aromatic rings. The summed E-state index contributed by atoms with van der Waals surface area (Å²) in [6, 6.07) is 5.95. The minimum atomic E-state index is -0.272. The number of aryl methyl sites for hydroxylation is 2. The molecule has 1 heterocycles. The number of amides is 1. The number of nitrogens with one attached hydrogen (secondary N) is 1. The molecule has 88 valence electrons. The Kier molecular flexibility index (Phi) is 3.23. The molecule has 17 heavy (non-hydrogen) atoms. The van der Waals surface area contributed by atoms with Crippen molar-refractivity contribution in [2.75, 3.05) is 5.32 Å². The van der Waals surface area contributed by atoms with Crippen LogP contribution in [0.2, 0.25) is 0 Å². The second-order valence-electron chi connectivity index (χ2n) is 3.78. The van der Waals surface area contributed by atoms with Crippen LogP contribution in [0, 0.1) is 6.92 Å². The zero-order valence-electron chi connectivity index (χ0n) is 9.86. The monoisotopic (exact) mass is 230 g/mol. The van der Waals surface area contributed by atoms with Crippen molar-refractivity contribution in [3.05, 3.63) is 47.7 Å². The predicted molar refractivity (Wildman–Crippen MR) is 65.0 cm³/mol. The molecule has 1 aromatic carbocycles. The van der Waals surface area contributed by atoms with Gasteiger partial charge in [-0.3, -0.25) is 4.79 Å². The van der Waals surface area contributed by atoms with Crippen LogP contribution in [0.1, 0.15) is 28.6 Å². The van der Waals surface area contributed by atoms with Gasteiger partial charge in [-0.25, -0.2) is 4.98 Å². The summed E-state index contributed by atoms with van der Waals surface area (Å²) in [4.78, 5) is 15.6. The summed E-state index contributed by atoms with van der Waals surface area (Å²) in [7, 11) is 0.